The molecule has 1 rings (SSSR count). The van der Waals surface area contributed by atoms with Crippen LogP contribution in [0.4, 0.5) is 0 Å². The number of rotatable bonds is 6. The van der Waals surface area contributed by atoms with E-state index in [2.05, 4.69) is 15.3 Å². The Labute approximate surface area is 125 Å². The van der Waals surface area contributed by atoms with Crippen molar-refractivity contribution >= 4 is 29.4 Å². The Morgan fingerprint density at radius 2 is 1.71 bits per heavy atom. The van der Waals surface area contributed by atoms with Crippen molar-refractivity contribution in [3.05, 3.63) is 23.2 Å². The molecule has 0 saturated carbocycles. The Kier molecular flexibility index (Phi) is 6.54. The average molecular weight is 316 g/mol. The number of carbonyl (C=O) groups excluding carboxylic acids is 3. The molecule has 0 fully saturated rings. The third kappa shape index (κ3) is 4.99. The maximum Gasteiger partial charge on any atom is 0.340 e. The lowest BCUT2D eigenvalue weighted by atomic mass is 10.2. The second-order valence-corrected chi connectivity index (χ2v) is 4.02. The van der Waals surface area contributed by atoms with Crippen LogP contribution < -0.4 is 5.32 Å². The summed E-state index contributed by atoms with van der Waals surface area (Å²) in [5, 5.41) is 2.30. The predicted octanol–water partition coefficient (Wildman–Crippen LogP) is 0.355. The van der Waals surface area contributed by atoms with Crippen molar-refractivity contribution in [2.45, 2.75) is 19.9 Å². The van der Waals surface area contributed by atoms with E-state index >= 15 is 0 Å². The molecule has 0 spiro atoms. The molecule has 0 radical (unpaired) electrons. The van der Waals surface area contributed by atoms with Crippen LogP contribution in [0.1, 0.15) is 24.3 Å². The molecule has 0 atom stereocenters. The molecule has 114 valence electrons. The zero-order chi connectivity index (χ0) is 15.8. The summed E-state index contributed by atoms with van der Waals surface area (Å²) in [6.07, 6.45) is 2.28. The van der Waals surface area contributed by atoms with Gasteiger partial charge in [0.15, 0.2) is 0 Å². The van der Waals surface area contributed by atoms with Gasteiger partial charge in [0.2, 0.25) is 6.04 Å². The first-order chi connectivity index (χ1) is 9.99. The summed E-state index contributed by atoms with van der Waals surface area (Å²) in [4.78, 5) is 42.7. The van der Waals surface area contributed by atoms with Crippen LogP contribution in [0.3, 0.4) is 0 Å². The van der Waals surface area contributed by atoms with E-state index in [1.807, 2.05) is 0 Å². The number of carbonyl (C=O) groups is 3. The maximum absolute atomic E-state index is 11.9. The van der Waals surface area contributed by atoms with Crippen LogP contribution >= 0.6 is 11.6 Å². The average Bonchev–Trinajstić information content (AvgIpc) is 2.45. The molecule has 8 nitrogen and oxygen atoms in total. The van der Waals surface area contributed by atoms with Gasteiger partial charge in [-0.1, -0.05) is 11.6 Å². The number of nitrogens with one attached hydrogen (secondary N) is 1. The van der Waals surface area contributed by atoms with E-state index in [-0.39, 0.29) is 24.1 Å². The minimum atomic E-state index is -1.56. The number of hydrogen-bond donors (Lipinski definition) is 1. The second-order valence-electron chi connectivity index (χ2n) is 3.63. The lowest BCUT2D eigenvalue weighted by Gasteiger charge is -2.15. The first-order valence-electron chi connectivity index (χ1n) is 6.11. The fraction of sp³-hybridized carbons (Fsp3) is 0.417. The van der Waals surface area contributed by atoms with Crippen LogP contribution in [0.15, 0.2) is 12.4 Å². The highest BCUT2D eigenvalue weighted by molar-refractivity contribution is 6.29. The van der Waals surface area contributed by atoms with Gasteiger partial charge in [0.1, 0.15) is 10.8 Å². The molecule has 1 amide bonds. The van der Waals surface area contributed by atoms with Crippen LogP contribution in [0.25, 0.3) is 0 Å². The van der Waals surface area contributed by atoms with Crippen molar-refractivity contribution in [2.24, 2.45) is 0 Å². The molecule has 1 N–H and O–H groups in total. The van der Waals surface area contributed by atoms with Crippen LogP contribution in [0.5, 0.6) is 0 Å². The van der Waals surface area contributed by atoms with E-state index in [1.54, 1.807) is 13.8 Å². The summed E-state index contributed by atoms with van der Waals surface area (Å²) in [6.45, 7) is 3.27. The molecule has 1 aromatic rings. The Balaban J connectivity index is 2.84. The fourth-order valence-electron chi connectivity index (χ4n) is 1.30. The van der Waals surface area contributed by atoms with Crippen molar-refractivity contribution < 1.29 is 23.9 Å². The van der Waals surface area contributed by atoms with E-state index in [1.165, 1.54) is 6.20 Å². The van der Waals surface area contributed by atoms with E-state index < -0.39 is 23.9 Å². The van der Waals surface area contributed by atoms with E-state index in [4.69, 9.17) is 21.1 Å². The lowest BCUT2D eigenvalue weighted by molar-refractivity contribution is -0.157. The lowest BCUT2D eigenvalue weighted by Crippen LogP contribution is -2.48. The highest BCUT2D eigenvalue weighted by Crippen LogP contribution is 2.02. The summed E-state index contributed by atoms with van der Waals surface area (Å²) in [5.74, 6) is -2.59. The van der Waals surface area contributed by atoms with Crippen molar-refractivity contribution in [3.8, 4) is 0 Å². The molecule has 0 bridgehead atoms. The number of aromatic nitrogens is 2. The highest BCUT2D eigenvalue weighted by atomic mass is 35.5. The van der Waals surface area contributed by atoms with Crippen LogP contribution in [0.2, 0.25) is 5.15 Å². The molecule has 21 heavy (non-hydrogen) atoms. The Morgan fingerprint density at radius 1 is 1.14 bits per heavy atom. The number of amides is 1. The number of esters is 2. The molecule has 0 aromatic carbocycles. The van der Waals surface area contributed by atoms with Gasteiger partial charge in [0, 0.05) is 0 Å². The Hall–Kier alpha value is -2.22. The van der Waals surface area contributed by atoms with Crippen LogP contribution in [0, 0.1) is 0 Å². The molecule has 1 heterocycles. The van der Waals surface area contributed by atoms with Gasteiger partial charge in [0.25, 0.3) is 5.91 Å². The summed E-state index contributed by atoms with van der Waals surface area (Å²) >= 11 is 5.55. The summed E-state index contributed by atoms with van der Waals surface area (Å²) in [5.41, 5.74) is -0.0991. The normalized spacial score (nSPS) is 10.1. The van der Waals surface area contributed by atoms with Gasteiger partial charge in [-0.3, -0.25) is 4.79 Å². The SMILES string of the molecule is CCOC(=O)C(NC(=O)c1cnc(Cl)cn1)C(=O)OCC. The molecule has 0 unspecified atom stereocenters. The molecule has 0 aliphatic carbocycles. The minimum absolute atomic E-state index is 0.0609. The van der Waals surface area contributed by atoms with Gasteiger partial charge >= 0.3 is 11.9 Å². The van der Waals surface area contributed by atoms with E-state index in [0.29, 0.717) is 0 Å². The zero-order valence-electron chi connectivity index (χ0n) is 11.5. The molecule has 0 saturated heterocycles. The van der Waals surface area contributed by atoms with Crippen LogP contribution in [-0.4, -0.2) is 47.1 Å². The third-order valence-electron chi connectivity index (χ3n) is 2.17. The molecule has 0 aliphatic rings. The topological polar surface area (TPSA) is 107 Å². The summed E-state index contributed by atoms with van der Waals surface area (Å²) in [6, 6.07) is -1.56. The number of hydrogen-bond acceptors (Lipinski definition) is 7. The molecule has 0 aliphatic heterocycles. The van der Waals surface area contributed by atoms with Gasteiger partial charge in [-0.2, -0.15) is 0 Å². The predicted molar refractivity (Wildman–Crippen MR) is 71.6 cm³/mol. The second kappa shape index (κ2) is 8.15. The van der Waals surface area contributed by atoms with Gasteiger partial charge in [-0.05, 0) is 13.8 Å². The molecule has 9 heteroatoms. The van der Waals surface area contributed by atoms with Crippen LogP contribution in [-0.2, 0) is 19.1 Å². The number of ether oxygens (including phenoxy) is 2. The first-order valence-corrected chi connectivity index (χ1v) is 6.49. The van der Waals surface area contributed by atoms with Gasteiger partial charge in [-0.15, -0.1) is 0 Å². The first kappa shape index (κ1) is 16.8. The fourth-order valence-corrected chi connectivity index (χ4v) is 1.40. The monoisotopic (exact) mass is 315 g/mol. The number of halogens is 1. The standard InChI is InChI=1S/C12H14ClN3O5/c1-3-20-11(18)9(12(19)21-4-2)16-10(17)7-5-15-8(13)6-14-7/h5-6,9H,3-4H2,1-2H3,(H,16,17). The largest absolute Gasteiger partial charge is 0.464 e. The van der Waals surface area contributed by atoms with Crippen molar-refractivity contribution in [3.63, 3.8) is 0 Å². The van der Waals surface area contributed by atoms with E-state index in [9.17, 15) is 14.4 Å². The van der Waals surface area contributed by atoms with Crippen molar-refractivity contribution in [1.29, 1.82) is 0 Å². The molecular weight excluding hydrogens is 302 g/mol. The third-order valence-corrected chi connectivity index (χ3v) is 2.37. The van der Waals surface area contributed by atoms with Gasteiger partial charge in [0.05, 0.1) is 25.6 Å². The number of nitrogens with zero attached hydrogens (tertiary/aromatic N) is 2. The Morgan fingerprint density at radius 3 is 2.14 bits per heavy atom. The quantitative estimate of drug-likeness (QED) is 0.596. The maximum atomic E-state index is 11.9. The van der Waals surface area contributed by atoms with Crippen molar-refractivity contribution in [1.82, 2.24) is 15.3 Å². The zero-order valence-corrected chi connectivity index (χ0v) is 12.2. The van der Waals surface area contributed by atoms with E-state index in [0.717, 1.165) is 6.20 Å². The Bertz CT molecular complexity index is 502. The smallest absolute Gasteiger partial charge is 0.340 e. The van der Waals surface area contributed by atoms with Gasteiger partial charge in [-0.25, -0.2) is 19.6 Å². The van der Waals surface area contributed by atoms with Gasteiger partial charge < -0.3 is 14.8 Å². The summed E-state index contributed by atoms with van der Waals surface area (Å²) in [7, 11) is 0. The van der Waals surface area contributed by atoms with Crippen molar-refractivity contribution in [2.75, 3.05) is 13.2 Å². The summed E-state index contributed by atoms with van der Waals surface area (Å²) < 4.78 is 9.43. The molecule has 1 aromatic heterocycles. The highest BCUT2D eigenvalue weighted by Gasteiger charge is 2.31. The minimum Gasteiger partial charge on any atom is -0.464 e. The molecular formula is C12H14ClN3O5.